The number of ketones is 1. The van der Waals surface area contributed by atoms with Crippen LogP contribution in [-0.4, -0.2) is 54.9 Å². The Labute approximate surface area is 231 Å². The Hall–Kier alpha value is -2.36. The van der Waals surface area contributed by atoms with E-state index in [1.165, 1.54) is 7.11 Å². The maximum absolute atomic E-state index is 13.5. The van der Waals surface area contributed by atoms with Crippen LogP contribution in [-0.2, 0) is 25.6 Å². The van der Waals surface area contributed by atoms with Gasteiger partial charge in [-0.05, 0) is 66.1 Å². The molecule has 3 fully saturated rings. The molecular weight excluding hydrogens is 499 g/mol. The van der Waals surface area contributed by atoms with E-state index in [0.717, 1.165) is 24.8 Å². The molecule has 0 saturated heterocycles. The maximum atomic E-state index is 13.5. The van der Waals surface area contributed by atoms with Crippen molar-refractivity contribution >= 4 is 24.3 Å². The molecule has 1 aromatic rings. The molecule has 2 bridgehead atoms. The summed E-state index contributed by atoms with van der Waals surface area (Å²) < 4.78 is 22.8. The second-order valence-corrected chi connectivity index (χ2v) is 12.7. The summed E-state index contributed by atoms with van der Waals surface area (Å²) in [6.45, 7) is 12.3. The lowest BCUT2D eigenvalue weighted by Gasteiger charge is -2.61. The van der Waals surface area contributed by atoms with Gasteiger partial charge in [0.2, 0.25) is 0 Å². The fraction of sp³-hybridized carbons (Fsp3) is 0.667. The molecule has 9 heteroatoms. The predicted molar refractivity (Wildman–Crippen MR) is 146 cm³/mol. The van der Waals surface area contributed by atoms with E-state index >= 15 is 0 Å². The van der Waals surface area contributed by atoms with Gasteiger partial charge in [0.15, 0.2) is 18.1 Å². The molecule has 1 aliphatic heterocycles. The van der Waals surface area contributed by atoms with Crippen LogP contribution in [0.1, 0.15) is 65.4 Å². The topological polar surface area (TPSA) is 112 Å². The van der Waals surface area contributed by atoms with Crippen molar-refractivity contribution in [3.05, 3.63) is 30.4 Å². The molecule has 39 heavy (non-hydrogen) atoms. The number of Topliss-reactive ketones (excluding diaryl/α,β-unsaturated/α-hetero) is 1. The molecule has 0 spiro atoms. The zero-order valence-corrected chi connectivity index (χ0v) is 23.7. The molecule has 3 aliphatic carbocycles. The summed E-state index contributed by atoms with van der Waals surface area (Å²) in [4.78, 5) is 26.9. The Bertz CT molecular complexity index is 1170. The molecule has 0 radical (unpaired) electrons. The highest BCUT2D eigenvalue weighted by Crippen LogP contribution is 2.68. The van der Waals surface area contributed by atoms with Gasteiger partial charge in [0.25, 0.3) is 0 Å². The standard InChI is InChI=1S/C30H41BO8/c1-7-28(4)14-24(29(5)17(2)8-10-30(18(3)27(28)34)11-9-21(32)26(29)30)39-25(33)16-37-23-13-20-19(12-22(23)36-6)15-38-31(20)35/h7,12-13,17-18,24,26-27,34-35H,1,8-11,14-16H2,2-6H3/t17-,18-,24+,26-,27-,28+,29-,30-/m0/s1. The molecule has 4 aliphatic rings. The second-order valence-electron chi connectivity index (χ2n) is 12.7. The molecular formula is C30H41BO8. The van der Waals surface area contributed by atoms with Gasteiger partial charge < -0.3 is 29.0 Å². The molecule has 8 nitrogen and oxygen atoms in total. The van der Waals surface area contributed by atoms with Crippen molar-refractivity contribution in [3.8, 4) is 11.5 Å². The number of aliphatic hydroxyl groups is 1. The number of benzene rings is 1. The molecule has 0 unspecified atom stereocenters. The molecule has 3 saturated carbocycles. The highest BCUT2D eigenvalue weighted by molar-refractivity contribution is 6.61. The SMILES string of the molecule is C=C[C@]1(C)C[C@@H](OC(=O)COc2cc3c(cc2OC)COB3O)[C@@]2(C)[C@@H]3C(=O)CC[C@@]3(CC[C@@H]2C)[C@@H](C)[C@@H]1O. The summed E-state index contributed by atoms with van der Waals surface area (Å²) >= 11 is 0. The second kappa shape index (κ2) is 9.93. The quantitative estimate of drug-likeness (QED) is 0.322. The minimum absolute atomic E-state index is 0.0876. The number of hydrogen-bond acceptors (Lipinski definition) is 8. The lowest BCUT2D eigenvalue weighted by atomic mass is 9.44. The number of fused-ring (bicyclic) bond motifs is 1. The minimum Gasteiger partial charge on any atom is -0.493 e. The Balaban J connectivity index is 1.45. The van der Waals surface area contributed by atoms with Gasteiger partial charge in [-0.2, -0.15) is 0 Å². The first-order valence-electron chi connectivity index (χ1n) is 14.1. The average Bonchev–Trinajstić information content (AvgIpc) is 3.47. The summed E-state index contributed by atoms with van der Waals surface area (Å²) in [5, 5.41) is 21.8. The maximum Gasteiger partial charge on any atom is 0.491 e. The van der Waals surface area contributed by atoms with Crippen molar-refractivity contribution in [2.45, 2.75) is 78.6 Å². The number of aliphatic hydroxyl groups excluding tert-OH is 1. The fourth-order valence-electron chi connectivity index (χ4n) is 8.33. The molecule has 1 heterocycles. The van der Waals surface area contributed by atoms with Crippen molar-refractivity contribution in [2.24, 2.45) is 34.0 Å². The average molecular weight is 540 g/mol. The Morgan fingerprint density at radius 3 is 2.69 bits per heavy atom. The summed E-state index contributed by atoms with van der Waals surface area (Å²) in [5.74, 6) is 0.148. The van der Waals surface area contributed by atoms with E-state index in [0.29, 0.717) is 29.8 Å². The zero-order chi connectivity index (χ0) is 28.3. The third kappa shape index (κ3) is 4.23. The summed E-state index contributed by atoms with van der Waals surface area (Å²) in [7, 11) is 0.448. The van der Waals surface area contributed by atoms with Crippen molar-refractivity contribution in [1.82, 2.24) is 0 Å². The summed E-state index contributed by atoms with van der Waals surface area (Å²) in [6, 6.07) is 3.35. The van der Waals surface area contributed by atoms with Crippen molar-refractivity contribution < 1.29 is 38.6 Å². The minimum atomic E-state index is -1.06. The first-order valence-corrected chi connectivity index (χ1v) is 14.1. The molecule has 0 amide bonds. The monoisotopic (exact) mass is 540 g/mol. The van der Waals surface area contributed by atoms with Crippen LogP contribution in [0.3, 0.4) is 0 Å². The van der Waals surface area contributed by atoms with Gasteiger partial charge in [-0.15, -0.1) is 6.58 Å². The normalized spacial score (nSPS) is 39.3. The van der Waals surface area contributed by atoms with Crippen LogP contribution in [0.4, 0.5) is 0 Å². The summed E-state index contributed by atoms with van der Waals surface area (Å²) in [6.07, 6.45) is 3.84. The molecule has 0 aromatic heterocycles. The molecule has 2 N–H and O–H groups in total. The number of ether oxygens (including phenoxy) is 3. The predicted octanol–water partition coefficient (Wildman–Crippen LogP) is 3.20. The first kappa shape index (κ1) is 28.2. The molecule has 8 atom stereocenters. The highest BCUT2D eigenvalue weighted by Gasteiger charge is 2.68. The molecule has 1 aromatic carbocycles. The van der Waals surface area contributed by atoms with Gasteiger partial charge in [-0.25, -0.2) is 4.79 Å². The van der Waals surface area contributed by atoms with E-state index in [1.54, 1.807) is 18.2 Å². The van der Waals surface area contributed by atoms with Crippen LogP contribution in [0.25, 0.3) is 0 Å². The number of carbonyl (C=O) groups excluding carboxylic acids is 2. The van der Waals surface area contributed by atoms with E-state index in [9.17, 15) is 19.7 Å². The van der Waals surface area contributed by atoms with Gasteiger partial charge in [-0.1, -0.05) is 33.8 Å². The van der Waals surface area contributed by atoms with E-state index < -0.39 is 36.1 Å². The van der Waals surface area contributed by atoms with Crippen LogP contribution in [0.2, 0.25) is 0 Å². The molecule has 212 valence electrons. The van der Waals surface area contributed by atoms with Gasteiger partial charge in [0.1, 0.15) is 11.9 Å². The van der Waals surface area contributed by atoms with Gasteiger partial charge in [-0.3, -0.25) is 4.79 Å². The number of carbonyl (C=O) groups is 2. The van der Waals surface area contributed by atoms with Gasteiger partial charge >= 0.3 is 13.1 Å². The number of rotatable bonds is 6. The highest BCUT2D eigenvalue weighted by atomic mass is 16.6. The van der Waals surface area contributed by atoms with Crippen LogP contribution >= 0.6 is 0 Å². The Kier molecular flexibility index (Phi) is 7.17. The van der Waals surface area contributed by atoms with E-state index in [-0.39, 0.29) is 42.2 Å². The van der Waals surface area contributed by atoms with Crippen LogP contribution in [0.5, 0.6) is 11.5 Å². The Morgan fingerprint density at radius 1 is 1.26 bits per heavy atom. The first-order chi connectivity index (χ1) is 18.4. The van der Waals surface area contributed by atoms with E-state index in [2.05, 4.69) is 27.4 Å². The number of methoxy groups -OCH3 is 1. The molecule has 5 rings (SSSR count). The van der Waals surface area contributed by atoms with E-state index in [4.69, 9.17) is 18.9 Å². The lowest BCUT2D eigenvalue weighted by Crippen LogP contribution is -2.63. The zero-order valence-electron chi connectivity index (χ0n) is 23.7. The van der Waals surface area contributed by atoms with Crippen LogP contribution in [0, 0.1) is 34.0 Å². The number of hydrogen-bond donors (Lipinski definition) is 2. The van der Waals surface area contributed by atoms with Gasteiger partial charge in [0.05, 0.1) is 19.8 Å². The van der Waals surface area contributed by atoms with Gasteiger partial charge in [0, 0.05) is 23.2 Å². The van der Waals surface area contributed by atoms with E-state index in [1.807, 2.05) is 6.92 Å². The summed E-state index contributed by atoms with van der Waals surface area (Å²) in [5.41, 5.74) is -0.253. The van der Waals surface area contributed by atoms with Crippen molar-refractivity contribution in [3.63, 3.8) is 0 Å². The third-order valence-corrected chi connectivity index (χ3v) is 11.0. The lowest BCUT2D eigenvalue weighted by molar-refractivity contribution is -0.207. The van der Waals surface area contributed by atoms with Crippen LogP contribution in [0.15, 0.2) is 24.8 Å². The van der Waals surface area contributed by atoms with Crippen molar-refractivity contribution in [1.29, 1.82) is 0 Å². The van der Waals surface area contributed by atoms with Crippen molar-refractivity contribution in [2.75, 3.05) is 13.7 Å². The fourth-order valence-corrected chi connectivity index (χ4v) is 8.33. The number of esters is 1. The Morgan fingerprint density at radius 2 is 2.00 bits per heavy atom. The third-order valence-electron chi connectivity index (χ3n) is 11.0. The largest absolute Gasteiger partial charge is 0.493 e. The van der Waals surface area contributed by atoms with Crippen LogP contribution < -0.4 is 14.9 Å². The smallest absolute Gasteiger partial charge is 0.491 e.